The molecule has 0 fully saturated rings. The van der Waals surface area contributed by atoms with Crippen LogP contribution in [-0.4, -0.2) is 24.4 Å². The maximum absolute atomic E-state index is 5.43. The molecule has 6 nitrogen and oxygen atoms in total. The van der Waals surface area contributed by atoms with Gasteiger partial charge in [0.15, 0.2) is 17.3 Å². The molecule has 1 aromatic carbocycles. The van der Waals surface area contributed by atoms with Gasteiger partial charge in [-0.25, -0.2) is 0 Å². The Morgan fingerprint density at radius 2 is 2.06 bits per heavy atom. The standard InChI is InChI=1S/C11H13N3O3.ClH/c1-15-8-5-3-4-7(10(8)16-2)11-13-9(6-12)14-17-11;/h3-5H,6,12H2,1-2H3;1H. The van der Waals surface area contributed by atoms with Gasteiger partial charge in [0, 0.05) is 0 Å². The molecule has 0 bridgehead atoms. The van der Waals surface area contributed by atoms with Crippen LogP contribution in [0.15, 0.2) is 22.7 Å². The van der Waals surface area contributed by atoms with Crippen molar-refractivity contribution in [2.75, 3.05) is 14.2 Å². The Kier molecular flexibility index (Phi) is 4.94. The van der Waals surface area contributed by atoms with E-state index in [0.29, 0.717) is 28.8 Å². The summed E-state index contributed by atoms with van der Waals surface area (Å²) in [6.07, 6.45) is 0. The fraction of sp³-hybridized carbons (Fsp3) is 0.273. The molecule has 1 heterocycles. The second-order valence-electron chi connectivity index (χ2n) is 3.26. The van der Waals surface area contributed by atoms with Gasteiger partial charge < -0.3 is 19.7 Å². The van der Waals surface area contributed by atoms with Gasteiger partial charge in [-0.15, -0.1) is 12.4 Å². The normalized spacial score (nSPS) is 9.72. The quantitative estimate of drug-likeness (QED) is 0.910. The van der Waals surface area contributed by atoms with Crippen molar-refractivity contribution in [3.63, 3.8) is 0 Å². The first-order chi connectivity index (χ1) is 8.30. The van der Waals surface area contributed by atoms with Crippen LogP contribution in [0.5, 0.6) is 11.5 Å². The van der Waals surface area contributed by atoms with Gasteiger partial charge in [0.05, 0.1) is 26.3 Å². The van der Waals surface area contributed by atoms with Gasteiger partial charge in [0.25, 0.3) is 5.89 Å². The van der Waals surface area contributed by atoms with Crippen LogP contribution >= 0.6 is 12.4 Å². The van der Waals surface area contributed by atoms with Crippen molar-refractivity contribution in [2.24, 2.45) is 5.73 Å². The Labute approximate surface area is 110 Å². The highest BCUT2D eigenvalue weighted by atomic mass is 35.5. The predicted octanol–water partition coefficient (Wildman–Crippen LogP) is 1.63. The van der Waals surface area contributed by atoms with Crippen LogP contribution in [0.3, 0.4) is 0 Å². The highest BCUT2D eigenvalue weighted by Crippen LogP contribution is 2.36. The van der Waals surface area contributed by atoms with Gasteiger partial charge in [0.2, 0.25) is 0 Å². The van der Waals surface area contributed by atoms with Crippen LogP contribution in [0.1, 0.15) is 5.82 Å². The number of halogens is 1. The minimum atomic E-state index is 0. The average molecular weight is 272 g/mol. The third kappa shape index (κ3) is 2.55. The van der Waals surface area contributed by atoms with E-state index in [4.69, 9.17) is 19.7 Å². The summed E-state index contributed by atoms with van der Waals surface area (Å²) >= 11 is 0. The summed E-state index contributed by atoms with van der Waals surface area (Å²) < 4.78 is 15.6. The van der Waals surface area contributed by atoms with Crippen LogP contribution in [0, 0.1) is 0 Å². The lowest BCUT2D eigenvalue weighted by molar-refractivity contribution is 0.353. The van der Waals surface area contributed by atoms with E-state index in [1.807, 2.05) is 12.1 Å². The molecule has 0 aliphatic heterocycles. The SMILES string of the molecule is COc1cccc(-c2nc(CN)no2)c1OC.Cl. The Hall–Kier alpha value is -1.79. The van der Waals surface area contributed by atoms with E-state index in [9.17, 15) is 0 Å². The Morgan fingerprint density at radius 1 is 1.28 bits per heavy atom. The number of hydrogen-bond donors (Lipinski definition) is 1. The molecule has 0 unspecified atom stereocenters. The highest BCUT2D eigenvalue weighted by molar-refractivity contribution is 5.85. The lowest BCUT2D eigenvalue weighted by Crippen LogP contribution is -1.98. The third-order valence-electron chi connectivity index (χ3n) is 2.28. The number of rotatable bonds is 4. The molecule has 0 aliphatic rings. The minimum Gasteiger partial charge on any atom is -0.493 e. The second kappa shape index (κ2) is 6.23. The Bertz CT molecular complexity index is 516. The maximum atomic E-state index is 5.43. The van der Waals surface area contributed by atoms with Crippen molar-refractivity contribution >= 4 is 12.4 Å². The molecule has 98 valence electrons. The van der Waals surface area contributed by atoms with Crippen LogP contribution in [-0.2, 0) is 6.54 Å². The molecule has 0 spiro atoms. The fourth-order valence-electron chi connectivity index (χ4n) is 1.50. The zero-order valence-corrected chi connectivity index (χ0v) is 10.9. The van der Waals surface area contributed by atoms with Gasteiger partial charge in [-0.1, -0.05) is 11.2 Å². The summed E-state index contributed by atoms with van der Waals surface area (Å²) in [4.78, 5) is 4.14. The van der Waals surface area contributed by atoms with Crippen LogP contribution in [0.25, 0.3) is 11.5 Å². The number of benzene rings is 1. The van der Waals surface area contributed by atoms with Crippen LogP contribution in [0.4, 0.5) is 0 Å². The van der Waals surface area contributed by atoms with E-state index in [1.165, 1.54) is 0 Å². The first-order valence-corrected chi connectivity index (χ1v) is 5.04. The molecule has 0 amide bonds. The van der Waals surface area contributed by atoms with E-state index in [-0.39, 0.29) is 19.0 Å². The van der Waals surface area contributed by atoms with Crippen molar-refractivity contribution in [3.8, 4) is 23.0 Å². The summed E-state index contributed by atoms with van der Waals surface area (Å²) in [6.45, 7) is 0.232. The maximum Gasteiger partial charge on any atom is 0.261 e. The largest absolute Gasteiger partial charge is 0.493 e. The molecule has 0 saturated carbocycles. The number of aromatic nitrogens is 2. The number of hydrogen-bond acceptors (Lipinski definition) is 6. The molecule has 0 aliphatic carbocycles. The first-order valence-electron chi connectivity index (χ1n) is 5.04. The zero-order valence-electron chi connectivity index (χ0n) is 10.0. The smallest absolute Gasteiger partial charge is 0.261 e. The zero-order chi connectivity index (χ0) is 12.3. The van der Waals surface area contributed by atoms with Gasteiger partial charge >= 0.3 is 0 Å². The van der Waals surface area contributed by atoms with E-state index in [2.05, 4.69) is 10.1 Å². The molecule has 7 heteroatoms. The number of methoxy groups -OCH3 is 2. The van der Waals surface area contributed by atoms with Crippen LogP contribution < -0.4 is 15.2 Å². The third-order valence-corrected chi connectivity index (χ3v) is 2.28. The molecule has 1 aromatic heterocycles. The summed E-state index contributed by atoms with van der Waals surface area (Å²) in [5.41, 5.74) is 6.11. The predicted molar refractivity (Wildman–Crippen MR) is 68.0 cm³/mol. The van der Waals surface area contributed by atoms with Gasteiger partial charge in [-0.05, 0) is 12.1 Å². The number of para-hydroxylation sites is 1. The van der Waals surface area contributed by atoms with Gasteiger partial charge in [0.1, 0.15) is 0 Å². The number of nitrogens with zero attached hydrogens (tertiary/aromatic N) is 2. The molecule has 0 radical (unpaired) electrons. The molecule has 18 heavy (non-hydrogen) atoms. The summed E-state index contributed by atoms with van der Waals surface area (Å²) in [5.74, 6) is 1.98. The minimum absolute atomic E-state index is 0. The molecule has 2 rings (SSSR count). The second-order valence-corrected chi connectivity index (χ2v) is 3.26. The van der Waals surface area contributed by atoms with E-state index >= 15 is 0 Å². The average Bonchev–Trinajstić information content (AvgIpc) is 2.86. The molecule has 2 aromatic rings. The Morgan fingerprint density at radius 3 is 2.61 bits per heavy atom. The molecular weight excluding hydrogens is 258 g/mol. The monoisotopic (exact) mass is 271 g/mol. The summed E-state index contributed by atoms with van der Waals surface area (Å²) in [7, 11) is 3.13. The number of nitrogens with two attached hydrogens (primary N) is 1. The van der Waals surface area contributed by atoms with Crippen molar-refractivity contribution < 1.29 is 14.0 Å². The van der Waals surface area contributed by atoms with Crippen molar-refractivity contribution in [3.05, 3.63) is 24.0 Å². The van der Waals surface area contributed by atoms with Crippen molar-refractivity contribution in [2.45, 2.75) is 6.54 Å². The topological polar surface area (TPSA) is 83.4 Å². The molecular formula is C11H14ClN3O3. The summed E-state index contributed by atoms with van der Waals surface area (Å²) in [6, 6.07) is 5.43. The van der Waals surface area contributed by atoms with Crippen molar-refractivity contribution in [1.82, 2.24) is 10.1 Å². The first kappa shape index (κ1) is 14.3. The van der Waals surface area contributed by atoms with Crippen LogP contribution in [0.2, 0.25) is 0 Å². The van der Waals surface area contributed by atoms with E-state index in [0.717, 1.165) is 0 Å². The fourth-order valence-corrected chi connectivity index (χ4v) is 1.50. The van der Waals surface area contributed by atoms with E-state index in [1.54, 1.807) is 20.3 Å². The summed E-state index contributed by atoms with van der Waals surface area (Å²) in [5, 5.41) is 3.73. The lowest BCUT2D eigenvalue weighted by atomic mass is 10.2. The molecule has 0 saturated heterocycles. The van der Waals surface area contributed by atoms with Gasteiger partial charge in [-0.3, -0.25) is 0 Å². The molecule has 0 atom stereocenters. The van der Waals surface area contributed by atoms with Crippen molar-refractivity contribution in [1.29, 1.82) is 0 Å². The van der Waals surface area contributed by atoms with Gasteiger partial charge in [-0.2, -0.15) is 4.98 Å². The highest BCUT2D eigenvalue weighted by Gasteiger charge is 2.16. The number of ether oxygens (including phenoxy) is 2. The van der Waals surface area contributed by atoms with E-state index < -0.39 is 0 Å². The lowest BCUT2D eigenvalue weighted by Gasteiger charge is -2.09. The molecule has 2 N–H and O–H groups in total. The Balaban J connectivity index is 0.00000162.